The molecule has 1 amide bonds. The van der Waals surface area contributed by atoms with Crippen LogP contribution in [0.5, 0.6) is 0 Å². The molecule has 1 fully saturated rings. The maximum Gasteiger partial charge on any atom is 0.255 e. The van der Waals surface area contributed by atoms with Gasteiger partial charge in [0.2, 0.25) is 0 Å². The molecule has 6 heteroatoms. The van der Waals surface area contributed by atoms with E-state index in [1.54, 1.807) is 0 Å². The Morgan fingerprint density at radius 1 is 1.08 bits per heavy atom. The molecule has 0 bridgehead atoms. The molecule has 0 aliphatic carbocycles. The van der Waals surface area contributed by atoms with Crippen molar-refractivity contribution in [1.82, 2.24) is 4.90 Å². The minimum absolute atomic E-state index is 0.0276. The van der Waals surface area contributed by atoms with Gasteiger partial charge in [-0.15, -0.1) is 11.8 Å². The van der Waals surface area contributed by atoms with Gasteiger partial charge in [-0.3, -0.25) is 4.79 Å². The third kappa shape index (κ3) is 4.09. The van der Waals surface area contributed by atoms with E-state index in [4.69, 9.17) is 16.9 Å². The van der Waals surface area contributed by atoms with E-state index < -0.39 is 0 Å². The molecule has 25 heavy (non-hydrogen) atoms. The molecule has 2 aromatic carbocycles. The topological polar surface area (TPSA) is 47.3 Å². The highest BCUT2D eigenvalue weighted by Crippen LogP contribution is 2.27. The van der Waals surface area contributed by atoms with Gasteiger partial charge in [-0.1, -0.05) is 35.9 Å². The van der Waals surface area contributed by atoms with Crippen LogP contribution < -0.4 is 4.90 Å². The Balaban J connectivity index is 1.68. The van der Waals surface area contributed by atoms with Gasteiger partial charge < -0.3 is 9.80 Å². The summed E-state index contributed by atoms with van der Waals surface area (Å²) in [6.45, 7) is 2.81. The molecule has 0 spiro atoms. The average Bonchev–Trinajstić information content (AvgIpc) is 2.66. The lowest BCUT2D eigenvalue weighted by Crippen LogP contribution is -2.49. The van der Waals surface area contributed by atoms with Gasteiger partial charge in [0.1, 0.15) is 0 Å². The smallest absolute Gasteiger partial charge is 0.255 e. The van der Waals surface area contributed by atoms with Crippen molar-refractivity contribution >= 4 is 35.0 Å². The first-order chi connectivity index (χ1) is 12.2. The number of para-hydroxylation sites is 1. The first-order valence-electron chi connectivity index (χ1n) is 8.08. The summed E-state index contributed by atoms with van der Waals surface area (Å²) in [6, 6.07) is 17.4. The molecule has 0 aromatic heterocycles. The number of nitriles is 1. The van der Waals surface area contributed by atoms with Crippen molar-refractivity contribution in [3.63, 3.8) is 0 Å². The first kappa shape index (κ1) is 17.7. The summed E-state index contributed by atoms with van der Waals surface area (Å²) in [5.74, 6) is 0.366. The number of amides is 1. The molecule has 0 N–H and O–H groups in total. The van der Waals surface area contributed by atoms with E-state index in [-0.39, 0.29) is 5.91 Å². The molecule has 0 unspecified atom stereocenters. The zero-order chi connectivity index (χ0) is 17.6. The average molecular weight is 372 g/mol. The molecule has 128 valence electrons. The third-order valence-electron chi connectivity index (χ3n) is 4.17. The number of hydrogen-bond acceptors (Lipinski definition) is 4. The summed E-state index contributed by atoms with van der Waals surface area (Å²) in [6.07, 6.45) is 0. The van der Waals surface area contributed by atoms with E-state index in [1.807, 2.05) is 53.4 Å². The minimum Gasteiger partial charge on any atom is -0.367 e. The van der Waals surface area contributed by atoms with E-state index in [0.29, 0.717) is 24.4 Å². The number of piperazine rings is 1. The molecule has 1 heterocycles. The van der Waals surface area contributed by atoms with Crippen LogP contribution in [0.4, 0.5) is 5.69 Å². The second-order valence-corrected chi connectivity index (χ2v) is 7.10. The molecule has 3 rings (SSSR count). The largest absolute Gasteiger partial charge is 0.367 e. The van der Waals surface area contributed by atoms with Crippen LogP contribution in [0.2, 0.25) is 5.02 Å². The molecular weight excluding hydrogens is 354 g/mol. The van der Waals surface area contributed by atoms with Crippen molar-refractivity contribution < 1.29 is 4.79 Å². The molecule has 1 aliphatic rings. The van der Waals surface area contributed by atoms with Crippen LogP contribution >= 0.6 is 23.4 Å². The van der Waals surface area contributed by atoms with E-state index in [9.17, 15) is 4.79 Å². The number of benzene rings is 2. The number of thioether (sulfide) groups is 1. The quantitative estimate of drug-likeness (QED) is 0.764. The van der Waals surface area contributed by atoms with Crippen LogP contribution in [-0.4, -0.2) is 42.7 Å². The highest BCUT2D eigenvalue weighted by molar-refractivity contribution is 7.99. The van der Waals surface area contributed by atoms with Gasteiger partial charge in [0.05, 0.1) is 28.1 Å². The molecule has 0 saturated carbocycles. The van der Waals surface area contributed by atoms with E-state index in [2.05, 4.69) is 11.0 Å². The number of carbonyl (C=O) groups is 1. The number of nitrogens with zero attached hydrogens (tertiary/aromatic N) is 3. The number of rotatable bonds is 4. The van der Waals surface area contributed by atoms with E-state index in [0.717, 1.165) is 28.7 Å². The zero-order valence-corrected chi connectivity index (χ0v) is 15.3. The van der Waals surface area contributed by atoms with Crippen molar-refractivity contribution in [2.75, 3.05) is 36.8 Å². The van der Waals surface area contributed by atoms with Crippen molar-refractivity contribution in [3.05, 3.63) is 59.1 Å². The molecule has 0 atom stereocenters. The fourth-order valence-corrected chi connectivity index (χ4v) is 3.87. The highest BCUT2D eigenvalue weighted by atomic mass is 35.5. The van der Waals surface area contributed by atoms with Gasteiger partial charge >= 0.3 is 0 Å². The SMILES string of the molecule is N#CCSc1ccccc1C(=O)N1CCN(c2ccccc2Cl)CC1. The van der Waals surface area contributed by atoms with Gasteiger partial charge in [-0.25, -0.2) is 0 Å². The maximum absolute atomic E-state index is 12.9. The van der Waals surface area contributed by atoms with Crippen LogP contribution in [-0.2, 0) is 0 Å². The number of carbonyl (C=O) groups excluding carboxylic acids is 1. The molecular formula is C19H18ClN3OS. The Morgan fingerprint density at radius 2 is 1.76 bits per heavy atom. The number of hydrogen-bond donors (Lipinski definition) is 0. The standard InChI is InChI=1S/C19H18ClN3OS/c20-16-6-2-3-7-17(16)22-10-12-23(13-11-22)19(24)15-5-1-4-8-18(15)25-14-9-21/h1-8H,10-14H2. The Morgan fingerprint density at radius 3 is 2.48 bits per heavy atom. The summed E-state index contributed by atoms with van der Waals surface area (Å²) < 4.78 is 0. The monoisotopic (exact) mass is 371 g/mol. The van der Waals surface area contributed by atoms with Gasteiger partial charge in [0.15, 0.2) is 0 Å². The van der Waals surface area contributed by atoms with Crippen LogP contribution in [0, 0.1) is 11.3 Å². The Bertz CT molecular complexity index is 797. The zero-order valence-electron chi connectivity index (χ0n) is 13.7. The fraction of sp³-hybridized carbons (Fsp3) is 0.263. The van der Waals surface area contributed by atoms with Crippen molar-refractivity contribution in [1.29, 1.82) is 5.26 Å². The number of halogens is 1. The Labute approximate surface area is 157 Å². The lowest BCUT2D eigenvalue weighted by Gasteiger charge is -2.36. The summed E-state index contributed by atoms with van der Waals surface area (Å²) in [5, 5.41) is 9.52. The molecule has 1 saturated heterocycles. The molecule has 0 radical (unpaired) electrons. The predicted molar refractivity (Wildman–Crippen MR) is 102 cm³/mol. The van der Waals surface area contributed by atoms with Gasteiger partial charge in [0, 0.05) is 31.1 Å². The van der Waals surface area contributed by atoms with Crippen LogP contribution in [0.1, 0.15) is 10.4 Å². The van der Waals surface area contributed by atoms with Gasteiger partial charge in [-0.05, 0) is 24.3 Å². The van der Waals surface area contributed by atoms with Crippen LogP contribution in [0.25, 0.3) is 0 Å². The second-order valence-electron chi connectivity index (χ2n) is 5.67. The Kier molecular flexibility index (Phi) is 5.85. The predicted octanol–water partition coefficient (Wildman–Crippen LogP) is 3.92. The second kappa shape index (κ2) is 8.28. The highest BCUT2D eigenvalue weighted by Gasteiger charge is 2.24. The molecule has 2 aromatic rings. The summed E-state index contributed by atoms with van der Waals surface area (Å²) in [5.41, 5.74) is 1.69. The summed E-state index contributed by atoms with van der Waals surface area (Å²) >= 11 is 7.67. The number of anilines is 1. The normalized spacial score (nSPS) is 14.2. The third-order valence-corrected chi connectivity index (χ3v) is 5.43. The van der Waals surface area contributed by atoms with Crippen molar-refractivity contribution in [3.8, 4) is 6.07 Å². The molecule has 1 aliphatic heterocycles. The lowest BCUT2D eigenvalue weighted by molar-refractivity contribution is 0.0743. The van der Waals surface area contributed by atoms with E-state index >= 15 is 0 Å². The molecule has 4 nitrogen and oxygen atoms in total. The van der Waals surface area contributed by atoms with Crippen LogP contribution in [0.15, 0.2) is 53.4 Å². The van der Waals surface area contributed by atoms with Crippen molar-refractivity contribution in [2.24, 2.45) is 0 Å². The van der Waals surface area contributed by atoms with E-state index in [1.165, 1.54) is 11.8 Å². The maximum atomic E-state index is 12.9. The summed E-state index contributed by atoms with van der Waals surface area (Å²) in [7, 11) is 0. The first-order valence-corrected chi connectivity index (χ1v) is 9.44. The fourth-order valence-electron chi connectivity index (χ4n) is 2.91. The summed E-state index contributed by atoms with van der Waals surface area (Å²) in [4.78, 5) is 17.8. The van der Waals surface area contributed by atoms with Gasteiger partial charge in [0.25, 0.3) is 5.91 Å². The lowest BCUT2D eigenvalue weighted by atomic mass is 10.1. The van der Waals surface area contributed by atoms with Gasteiger partial charge in [-0.2, -0.15) is 5.26 Å². The Hall–Kier alpha value is -2.16. The van der Waals surface area contributed by atoms with Crippen molar-refractivity contribution in [2.45, 2.75) is 4.90 Å². The van der Waals surface area contributed by atoms with Crippen LogP contribution in [0.3, 0.4) is 0 Å². The minimum atomic E-state index is 0.0276.